The van der Waals surface area contributed by atoms with Crippen LogP contribution in [0.3, 0.4) is 0 Å². The summed E-state index contributed by atoms with van der Waals surface area (Å²) >= 11 is 0. The molecule has 0 aliphatic carbocycles. The Balaban J connectivity index is 1.99. The molecule has 0 saturated carbocycles. The van der Waals surface area contributed by atoms with Crippen LogP contribution < -0.4 is 14.4 Å². The van der Waals surface area contributed by atoms with E-state index >= 15 is 0 Å². The summed E-state index contributed by atoms with van der Waals surface area (Å²) in [5.74, 6) is 0.727. The smallest absolute Gasteiger partial charge is 0.232 e. The standard InChI is InChI=1S/C23H32N2O4S/c1-6-21(19-12-13-22(29-4)18(3)16-19)24-23(26)11-8-14-25(30(5,27)28)20-10-7-9-17(2)15-20/h7,9-10,12-13,15-16,21H,6,8,11,14H2,1-5H3,(H,24,26)/t21-/m1/s1. The molecular weight excluding hydrogens is 400 g/mol. The number of hydrogen-bond donors (Lipinski definition) is 1. The maximum atomic E-state index is 12.5. The molecule has 0 saturated heterocycles. The molecule has 2 aromatic rings. The molecule has 1 amide bonds. The van der Waals surface area contributed by atoms with Gasteiger partial charge in [0, 0.05) is 13.0 Å². The summed E-state index contributed by atoms with van der Waals surface area (Å²) in [5, 5.41) is 3.06. The van der Waals surface area contributed by atoms with E-state index in [0.717, 1.165) is 28.9 Å². The highest BCUT2D eigenvalue weighted by molar-refractivity contribution is 7.92. The number of methoxy groups -OCH3 is 1. The van der Waals surface area contributed by atoms with Crippen molar-refractivity contribution in [3.05, 3.63) is 59.2 Å². The van der Waals surface area contributed by atoms with Gasteiger partial charge >= 0.3 is 0 Å². The monoisotopic (exact) mass is 432 g/mol. The third kappa shape index (κ3) is 6.49. The molecule has 0 spiro atoms. The second-order valence-corrected chi connectivity index (χ2v) is 9.44. The van der Waals surface area contributed by atoms with Gasteiger partial charge in [0.15, 0.2) is 0 Å². The van der Waals surface area contributed by atoms with Crippen molar-refractivity contribution < 1.29 is 17.9 Å². The van der Waals surface area contributed by atoms with Gasteiger partial charge in [-0.15, -0.1) is 0 Å². The van der Waals surface area contributed by atoms with Gasteiger partial charge in [0.05, 0.1) is 25.1 Å². The van der Waals surface area contributed by atoms with Crippen LogP contribution in [-0.2, 0) is 14.8 Å². The molecule has 2 rings (SSSR count). The Morgan fingerprint density at radius 3 is 2.47 bits per heavy atom. The van der Waals surface area contributed by atoms with Crippen LogP contribution in [0.5, 0.6) is 5.75 Å². The summed E-state index contributed by atoms with van der Waals surface area (Å²) in [6.45, 7) is 6.17. The quantitative estimate of drug-likeness (QED) is 0.613. The summed E-state index contributed by atoms with van der Waals surface area (Å²) in [7, 11) is -1.79. The predicted molar refractivity (Wildman–Crippen MR) is 122 cm³/mol. The first kappa shape index (κ1) is 23.7. The Morgan fingerprint density at radius 1 is 1.17 bits per heavy atom. The molecule has 6 nitrogen and oxygen atoms in total. The largest absolute Gasteiger partial charge is 0.496 e. The summed E-state index contributed by atoms with van der Waals surface area (Å²) in [6, 6.07) is 13.2. The number of nitrogens with one attached hydrogen (secondary N) is 1. The first-order valence-electron chi connectivity index (χ1n) is 10.1. The van der Waals surface area contributed by atoms with E-state index in [-0.39, 0.29) is 24.9 Å². The van der Waals surface area contributed by atoms with Crippen LogP contribution in [0, 0.1) is 13.8 Å². The van der Waals surface area contributed by atoms with E-state index in [2.05, 4.69) is 5.32 Å². The molecule has 30 heavy (non-hydrogen) atoms. The molecule has 164 valence electrons. The van der Waals surface area contributed by atoms with Crippen molar-refractivity contribution in [3.63, 3.8) is 0 Å². The number of anilines is 1. The number of hydrogen-bond acceptors (Lipinski definition) is 4. The molecule has 0 heterocycles. The van der Waals surface area contributed by atoms with Gasteiger partial charge < -0.3 is 10.1 Å². The summed E-state index contributed by atoms with van der Waals surface area (Å²) in [4.78, 5) is 12.5. The second-order valence-electron chi connectivity index (χ2n) is 7.54. The van der Waals surface area contributed by atoms with Gasteiger partial charge in [-0.2, -0.15) is 0 Å². The normalized spacial score (nSPS) is 12.3. The van der Waals surface area contributed by atoms with Crippen molar-refractivity contribution in [3.8, 4) is 5.75 Å². The van der Waals surface area contributed by atoms with Gasteiger partial charge in [-0.1, -0.05) is 31.2 Å². The minimum Gasteiger partial charge on any atom is -0.496 e. The highest BCUT2D eigenvalue weighted by Gasteiger charge is 2.19. The summed E-state index contributed by atoms with van der Waals surface area (Å²) in [5.41, 5.74) is 3.66. The average Bonchev–Trinajstić information content (AvgIpc) is 2.68. The average molecular weight is 433 g/mol. The molecule has 0 unspecified atom stereocenters. The van der Waals surface area contributed by atoms with E-state index in [0.29, 0.717) is 12.1 Å². The van der Waals surface area contributed by atoms with Crippen LogP contribution in [-0.4, -0.2) is 34.2 Å². The Hall–Kier alpha value is -2.54. The molecule has 0 aliphatic heterocycles. The Kier molecular flexibility index (Phi) is 8.29. The van der Waals surface area contributed by atoms with E-state index < -0.39 is 10.0 Å². The highest BCUT2D eigenvalue weighted by Crippen LogP contribution is 2.24. The molecule has 1 N–H and O–H groups in total. The fourth-order valence-corrected chi connectivity index (χ4v) is 4.42. The van der Waals surface area contributed by atoms with Crippen molar-refractivity contribution in [2.45, 2.75) is 46.1 Å². The number of carbonyl (C=O) groups excluding carboxylic acids is 1. The fraction of sp³-hybridized carbons (Fsp3) is 0.435. The van der Waals surface area contributed by atoms with Gasteiger partial charge in [0.1, 0.15) is 5.75 Å². The summed E-state index contributed by atoms with van der Waals surface area (Å²) in [6.07, 6.45) is 2.64. The zero-order valence-corrected chi connectivity index (χ0v) is 19.3. The lowest BCUT2D eigenvalue weighted by Gasteiger charge is -2.23. The van der Waals surface area contributed by atoms with E-state index in [1.54, 1.807) is 13.2 Å². The summed E-state index contributed by atoms with van der Waals surface area (Å²) < 4.78 is 31.1. The number of amides is 1. The number of carbonyl (C=O) groups is 1. The molecule has 0 fully saturated rings. The lowest BCUT2D eigenvalue weighted by molar-refractivity contribution is -0.121. The molecule has 0 aromatic heterocycles. The van der Waals surface area contributed by atoms with Gasteiger partial charge in [0.2, 0.25) is 15.9 Å². The highest BCUT2D eigenvalue weighted by atomic mass is 32.2. The van der Waals surface area contributed by atoms with Gasteiger partial charge in [-0.05, 0) is 61.6 Å². The van der Waals surface area contributed by atoms with Crippen molar-refractivity contribution in [1.82, 2.24) is 5.32 Å². The zero-order valence-electron chi connectivity index (χ0n) is 18.4. The van der Waals surface area contributed by atoms with Crippen LogP contribution >= 0.6 is 0 Å². The van der Waals surface area contributed by atoms with Crippen molar-refractivity contribution in [2.75, 3.05) is 24.2 Å². The van der Waals surface area contributed by atoms with E-state index in [4.69, 9.17) is 4.74 Å². The van der Waals surface area contributed by atoms with Crippen LogP contribution in [0.4, 0.5) is 5.69 Å². The maximum absolute atomic E-state index is 12.5. The van der Waals surface area contributed by atoms with Gasteiger partial charge in [-0.25, -0.2) is 8.42 Å². The second kappa shape index (κ2) is 10.5. The van der Waals surface area contributed by atoms with Crippen LogP contribution in [0.25, 0.3) is 0 Å². The van der Waals surface area contributed by atoms with Crippen molar-refractivity contribution in [2.24, 2.45) is 0 Å². The SMILES string of the molecule is CC[C@@H](NC(=O)CCCN(c1cccc(C)c1)S(C)(=O)=O)c1ccc(OC)c(C)c1. The minimum absolute atomic E-state index is 0.0898. The number of benzene rings is 2. The molecule has 2 aromatic carbocycles. The molecule has 0 bridgehead atoms. The van der Waals surface area contributed by atoms with Crippen LogP contribution in [0.1, 0.15) is 48.9 Å². The molecule has 1 atom stereocenters. The van der Waals surface area contributed by atoms with Gasteiger partial charge in [-0.3, -0.25) is 9.10 Å². The topological polar surface area (TPSA) is 75.7 Å². The maximum Gasteiger partial charge on any atom is 0.232 e. The lowest BCUT2D eigenvalue weighted by atomic mass is 10.0. The molecule has 0 aliphatic rings. The van der Waals surface area contributed by atoms with Gasteiger partial charge in [0.25, 0.3) is 0 Å². The zero-order chi connectivity index (χ0) is 22.3. The number of aryl methyl sites for hydroxylation is 2. The number of rotatable bonds is 10. The van der Waals surface area contributed by atoms with Crippen LogP contribution in [0.15, 0.2) is 42.5 Å². The van der Waals surface area contributed by atoms with E-state index in [9.17, 15) is 13.2 Å². The number of ether oxygens (including phenoxy) is 1. The third-order valence-corrected chi connectivity index (χ3v) is 6.21. The first-order valence-corrected chi connectivity index (χ1v) is 12.0. The van der Waals surface area contributed by atoms with Crippen molar-refractivity contribution >= 4 is 21.6 Å². The lowest BCUT2D eigenvalue weighted by Crippen LogP contribution is -2.33. The molecule has 0 radical (unpaired) electrons. The fourth-order valence-electron chi connectivity index (χ4n) is 3.46. The van der Waals surface area contributed by atoms with Crippen molar-refractivity contribution in [1.29, 1.82) is 0 Å². The Labute approximate surface area is 180 Å². The third-order valence-electron chi connectivity index (χ3n) is 5.02. The molecular formula is C23H32N2O4S. The number of nitrogens with zero attached hydrogens (tertiary/aromatic N) is 1. The van der Waals surface area contributed by atoms with E-state index in [1.165, 1.54) is 10.6 Å². The Bertz CT molecular complexity index is 973. The predicted octanol–water partition coefficient (Wildman–Crippen LogP) is 4.13. The molecule has 7 heteroatoms. The van der Waals surface area contributed by atoms with E-state index in [1.807, 2.05) is 57.2 Å². The minimum atomic E-state index is -3.43. The first-order chi connectivity index (χ1) is 14.2. The number of sulfonamides is 1. The van der Waals surface area contributed by atoms with Crippen LogP contribution in [0.2, 0.25) is 0 Å². The Morgan fingerprint density at radius 2 is 1.90 bits per heavy atom.